The van der Waals surface area contributed by atoms with Gasteiger partial charge in [0.2, 0.25) is 5.71 Å². The summed E-state index contributed by atoms with van der Waals surface area (Å²) in [7, 11) is 0. The Hall–Kier alpha value is -3.38. The van der Waals surface area contributed by atoms with E-state index in [1.54, 1.807) is 0 Å². The summed E-state index contributed by atoms with van der Waals surface area (Å²) in [5.74, 6) is 0.773. The average molecular weight is 296 g/mol. The SMILES string of the molecule is N#Cc1cnc2oc(-c3ccccc3)c(-c3ccccc3)c2c1. The smallest absolute Gasteiger partial charge is 0.227 e. The molecule has 0 amide bonds. The molecule has 2 aromatic heterocycles. The summed E-state index contributed by atoms with van der Waals surface area (Å²) in [6, 6.07) is 24.0. The monoisotopic (exact) mass is 296 g/mol. The van der Waals surface area contributed by atoms with E-state index >= 15 is 0 Å². The number of benzene rings is 2. The molecule has 2 aromatic carbocycles. The van der Waals surface area contributed by atoms with Crippen molar-refractivity contribution in [2.75, 3.05) is 0 Å². The molecular weight excluding hydrogens is 284 g/mol. The first-order valence-electron chi connectivity index (χ1n) is 7.30. The Balaban J connectivity index is 2.09. The van der Waals surface area contributed by atoms with Crippen molar-refractivity contribution in [1.82, 2.24) is 4.98 Å². The van der Waals surface area contributed by atoms with Gasteiger partial charge in [-0.3, -0.25) is 0 Å². The van der Waals surface area contributed by atoms with E-state index in [0.29, 0.717) is 11.3 Å². The zero-order chi connectivity index (χ0) is 15.6. The van der Waals surface area contributed by atoms with E-state index in [1.807, 2.05) is 66.7 Å². The molecule has 2 heterocycles. The normalized spacial score (nSPS) is 10.6. The van der Waals surface area contributed by atoms with Crippen LogP contribution in [0.3, 0.4) is 0 Å². The standard InChI is InChI=1S/C20H12N2O/c21-12-14-11-17-18(15-7-3-1-4-8-15)19(23-20(17)22-13-14)16-9-5-2-6-10-16/h1-11,13H. The highest BCUT2D eigenvalue weighted by Gasteiger charge is 2.18. The van der Waals surface area contributed by atoms with Crippen LogP contribution < -0.4 is 0 Å². The molecule has 0 N–H and O–H groups in total. The minimum absolute atomic E-state index is 0.523. The molecule has 0 aliphatic heterocycles. The van der Waals surface area contributed by atoms with Gasteiger partial charge in [-0.25, -0.2) is 4.98 Å². The van der Waals surface area contributed by atoms with Crippen LogP contribution in [0, 0.1) is 11.3 Å². The highest BCUT2D eigenvalue weighted by molar-refractivity contribution is 6.00. The third-order valence-corrected chi connectivity index (χ3v) is 3.77. The van der Waals surface area contributed by atoms with Crippen LogP contribution in [0.2, 0.25) is 0 Å². The van der Waals surface area contributed by atoms with Crippen molar-refractivity contribution in [3.05, 3.63) is 78.5 Å². The minimum Gasteiger partial charge on any atom is -0.437 e. The van der Waals surface area contributed by atoms with Gasteiger partial charge in [0.05, 0.1) is 10.9 Å². The van der Waals surface area contributed by atoms with E-state index in [4.69, 9.17) is 9.68 Å². The Kier molecular flexibility index (Phi) is 3.14. The van der Waals surface area contributed by atoms with Crippen molar-refractivity contribution in [2.45, 2.75) is 0 Å². The van der Waals surface area contributed by atoms with Gasteiger partial charge in [-0.1, -0.05) is 60.7 Å². The van der Waals surface area contributed by atoms with E-state index in [0.717, 1.165) is 27.8 Å². The van der Waals surface area contributed by atoms with Crippen molar-refractivity contribution in [3.8, 4) is 28.5 Å². The van der Waals surface area contributed by atoms with E-state index < -0.39 is 0 Å². The number of hydrogen-bond donors (Lipinski definition) is 0. The van der Waals surface area contributed by atoms with Gasteiger partial charge < -0.3 is 4.42 Å². The van der Waals surface area contributed by atoms with Gasteiger partial charge in [0, 0.05) is 17.3 Å². The largest absolute Gasteiger partial charge is 0.437 e. The molecule has 0 radical (unpaired) electrons. The first kappa shape index (κ1) is 13.3. The highest BCUT2D eigenvalue weighted by Crippen LogP contribution is 2.40. The Morgan fingerprint density at radius 2 is 1.52 bits per heavy atom. The number of hydrogen-bond acceptors (Lipinski definition) is 3. The molecule has 0 saturated heterocycles. The van der Waals surface area contributed by atoms with Gasteiger partial charge in [-0.05, 0) is 11.6 Å². The van der Waals surface area contributed by atoms with Gasteiger partial charge in [0.1, 0.15) is 11.8 Å². The minimum atomic E-state index is 0.523. The van der Waals surface area contributed by atoms with Crippen molar-refractivity contribution >= 4 is 11.1 Å². The Bertz CT molecular complexity index is 1010. The van der Waals surface area contributed by atoms with Crippen molar-refractivity contribution in [3.63, 3.8) is 0 Å². The maximum Gasteiger partial charge on any atom is 0.227 e. The quantitative estimate of drug-likeness (QED) is 0.521. The Morgan fingerprint density at radius 3 is 2.17 bits per heavy atom. The van der Waals surface area contributed by atoms with Crippen LogP contribution in [0.1, 0.15) is 5.56 Å². The van der Waals surface area contributed by atoms with Crippen molar-refractivity contribution < 1.29 is 4.42 Å². The maximum atomic E-state index is 9.16. The lowest BCUT2D eigenvalue weighted by atomic mass is 9.99. The average Bonchev–Trinajstić information content (AvgIpc) is 3.01. The second-order valence-corrected chi connectivity index (χ2v) is 5.23. The number of nitrogens with zero attached hydrogens (tertiary/aromatic N) is 2. The highest BCUT2D eigenvalue weighted by atomic mass is 16.3. The van der Waals surface area contributed by atoms with Crippen LogP contribution >= 0.6 is 0 Å². The van der Waals surface area contributed by atoms with Crippen molar-refractivity contribution in [2.24, 2.45) is 0 Å². The second kappa shape index (κ2) is 5.43. The Labute approximate surface area is 133 Å². The molecule has 0 saturated carbocycles. The summed E-state index contributed by atoms with van der Waals surface area (Å²) in [5.41, 5.74) is 4.07. The molecule has 108 valence electrons. The molecule has 3 nitrogen and oxygen atoms in total. The summed E-state index contributed by atoms with van der Waals surface area (Å²) in [4.78, 5) is 4.30. The molecule has 0 unspecified atom stereocenters. The molecule has 0 bridgehead atoms. The maximum absolute atomic E-state index is 9.16. The molecule has 4 rings (SSSR count). The van der Waals surface area contributed by atoms with Gasteiger partial charge in [0.25, 0.3) is 0 Å². The summed E-state index contributed by atoms with van der Waals surface area (Å²) in [6.45, 7) is 0. The molecular formula is C20H12N2O. The van der Waals surface area contributed by atoms with Gasteiger partial charge in [0.15, 0.2) is 0 Å². The molecule has 23 heavy (non-hydrogen) atoms. The fraction of sp³-hybridized carbons (Fsp3) is 0. The third kappa shape index (κ3) is 2.27. The number of furan rings is 1. The second-order valence-electron chi connectivity index (χ2n) is 5.23. The molecule has 4 aromatic rings. The van der Waals surface area contributed by atoms with Crippen LogP contribution in [0.4, 0.5) is 0 Å². The van der Waals surface area contributed by atoms with E-state index in [1.165, 1.54) is 6.20 Å². The van der Waals surface area contributed by atoms with Crippen LogP contribution in [-0.2, 0) is 0 Å². The van der Waals surface area contributed by atoms with Crippen LogP contribution in [0.15, 0.2) is 77.3 Å². The molecule has 0 spiro atoms. The first-order chi connectivity index (χ1) is 11.4. The third-order valence-electron chi connectivity index (χ3n) is 3.77. The summed E-state index contributed by atoms with van der Waals surface area (Å²) in [5, 5.41) is 10.0. The van der Waals surface area contributed by atoms with Gasteiger partial charge >= 0.3 is 0 Å². The lowest BCUT2D eigenvalue weighted by Gasteiger charge is -2.03. The fourth-order valence-electron chi connectivity index (χ4n) is 2.73. The number of nitriles is 1. The molecule has 3 heteroatoms. The van der Waals surface area contributed by atoms with Crippen LogP contribution in [0.25, 0.3) is 33.6 Å². The topological polar surface area (TPSA) is 49.8 Å². The Morgan fingerprint density at radius 1 is 0.870 bits per heavy atom. The molecule has 0 aliphatic rings. The molecule has 0 fully saturated rings. The summed E-state index contributed by atoms with van der Waals surface area (Å²) in [6.07, 6.45) is 1.54. The molecule has 0 atom stereocenters. The van der Waals surface area contributed by atoms with E-state index in [-0.39, 0.29) is 0 Å². The first-order valence-corrected chi connectivity index (χ1v) is 7.30. The summed E-state index contributed by atoms with van der Waals surface area (Å²) >= 11 is 0. The zero-order valence-electron chi connectivity index (χ0n) is 12.2. The van der Waals surface area contributed by atoms with Gasteiger partial charge in [-0.15, -0.1) is 0 Å². The number of pyridine rings is 1. The molecule has 0 aliphatic carbocycles. The van der Waals surface area contributed by atoms with E-state index in [2.05, 4.69) is 11.1 Å². The predicted molar refractivity (Wildman–Crippen MR) is 89.6 cm³/mol. The van der Waals surface area contributed by atoms with Gasteiger partial charge in [-0.2, -0.15) is 5.26 Å². The zero-order valence-corrected chi connectivity index (χ0v) is 12.2. The van der Waals surface area contributed by atoms with Crippen LogP contribution in [0.5, 0.6) is 0 Å². The van der Waals surface area contributed by atoms with Crippen LogP contribution in [-0.4, -0.2) is 4.98 Å². The number of aromatic nitrogens is 1. The fourth-order valence-corrected chi connectivity index (χ4v) is 2.73. The predicted octanol–water partition coefficient (Wildman–Crippen LogP) is 5.03. The lowest BCUT2D eigenvalue weighted by molar-refractivity contribution is 0.619. The lowest BCUT2D eigenvalue weighted by Crippen LogP contribution is -1.82. The number of rotatable bonds is 2. The van der Waals surface area contributed by atoms with E-state index in [9.17, 15) is 0 Å². The number of fused-ring (bicyclic) bond motifs is 1. The van der Waals surface area contributed by atoms with Crippen molar-refractivity contribution in [1.29, 1.82) is 5.26 Å². The summed E-state index contributed by atoms with van der Waals surface area (Å²) < 4.78 is 6.02.